The number of allylic oxidation sites excluding steroid dienone is 11. The van der Waals surface area contributed by atoms with Crippen molar-refractivity contribution >= 4 is 11.9 Å². The van der Waals surface area contributed by atoms with E-state index in [0.29, 0.717) is 12.8 Å². The predicted octanol–water partition coefficient (Wildman–Crippen LogP) is 16.0. The van der Waals surface area contributed by atoms with Gasteiger partial charge in [0.15, 0.2) is 12.4 Å². The van der Waals surface area contributed by atoms with Crippen molar-refractivity contribution in [1.29, 1.82) is 0 Å². The van der Waals surface area contributed by atoms with Gasteiger partial charge in [0.1, 0.15) is 24.4 Å². The molecule has 11 nitrogen and oxygen atoms in total. The number of rotatable bonds is 55. The zero-order chi connectivity index (χ0) is 57.5. The molecule has 0 saturated carbocycles. The van der Waals surface area contributed by atoms with Crippen LogP contribution in [0.3, 0.4) is 0 Å². The Hall–Kier alpha value is -2.90. The van der Waals surface area contributed by atoms with Crippen molar-refractivity contribution in [2.45, 2.75) is 333 Å². The van der Waals surface area contributed by atoms with E-state index in [0.717, 1.165) is 64.2 Å². The molecule has 8 unspecified atom stereocenters. The van der Waals surface area contributed by atoms with Gasteiger partial charge in [0.05, 0.1) is 25.4 Å². The first-order valence-corrected chi connectivity index (χ1v) is 32.8. The second kappa shape index (κ2) is 55.6. The maximum Gasteiger partial charge on any atom is 0.306 e. The molecule has 6 N–H and O–H groups in total. The number of hydrogen-bond acceptors (Lipinski definition) is 10. The van der Waals surface area contributed by atoms with Crippen molar-refractivity contribution in [3.8, 4) is 0 Å². The fraction of sp³-hybridized carbons (Fsp3) is 0.794. The lowest BCUT2D eigenvalue weighted by Gasteiger charge is -2.41. The van der Waals surface area contributed by atoms with Crippen LogP contribution in [0.5, 0.6) is 0 Å². The first-order valence-electron chi connectivity index (χ1n) is 32.8. The van der Waals surface area contributed by atoms with Crippen LogP contribution < -0.4 is 5.32 Å². The number of carbonyl (C=O) groups is 2. The largest absolute Gasteiger partial charge is 0.454 e. The maximum absolute atomic E-state index is 13.4. The highest BCUT2D eigenvalue weighted by Gasteiger charge is 2.47. The van der Waals surface area contributed by atoms with Crippen LogP contribution >= 0.6 is 0 Å². The summed E-state index contributed by atoms with van der Waals surface area (Å²) in [5, 5.41) is 57.0. The van der Waals surface area contributed by atoms with E-state index in [4.69, 9.17) is 14.2 Å². The van der Waals surface area contributed by atoms with Crippen LogP contribution in [0.25, 0.3) is 0 Å². The van der Waals surface area contributed by atoms with E-state index in [1.165, 1.54) is 173 Å². The minimum absolute atomic E-state index is 0.0729. The van der Waals surface area contributed by atoms with Gasteiger partial charge in [0.2, 0.25) is 5.91 Å². The van der Waals surface area contributed by atoms with Crippen molar-refractivity contribution in [1.82, 2.24) is 5.32 Å². The molecule has 0 bridgehead atoms. The van der Waals surface area contributed by atoms with Crippen LogP contribution in [0.2, 0.25) is 0 Å². The van der Waals surface area contributed by atoms with Crippen molar-refractivity contribution in [3.63, 3.8) is 0 Å². The SMILES string of the molecule is CC/C=C/C=C/C=C\C=C/C=C/CCCCCC(=O)OC1C(OCC(NC(=O)C(O)CCCCCCCCCCCCCCCCCCCCCCCCCC)C(O)/C=C/CCCCCCCCCCC)OC(CO)C(O)C1O. The molecule has 1 saturated heterocycles. The number of amides is 1. The van der Waals surface area contributed by atoms with Crippen LogP contribution in [0.4, 0.5) is 0 Å². The second-order valence-electron chi connectivity index (χ2n) is 22.6. The van der Waals surface area contributed by atoms with E-state index < -0.39 is 67.4 Å². The van der Waals surface area contributed by atoms with Gasteiger partial charge in [-0.2, -0.15) is 0 Å². The Morgan fingerprint density at radius 3 is 1.37 bits per heavy atom. The number of nitrogens with one attached hydrogen (secondary N) is 1. The minimum Gasteiger partial charge on any atom is -0.454 e. The monoisotopic (exact) mass is 1110 g/mol. The highest BCUT2D eigenvalue weighted by atomic mass is 16.7. The lowest BCUT2D eigenvalue weighted by Crippen LogP contribution is -2.61. The Balaban J connectivity index is 2.60. The molecular weight excluding hydrogens is 991 g/mol. The summed E-state index contributed by atoms with van der Waals surface area (Å²) in [5.74, 6) is -1.23. The average Bonchev–Trinajstić information content (AvgIpc) is 3.47. The Morgan fingerprint density at radius 1 is 0.506 bits per heavy atom. The fourth-order valence-electron chi connectivity index (χ4n) is 10.1. The number of esters is 1. The molecule has 0 aliphatic carbocycles. The molecule has 0 spiro atoms. The summed E-state index contributed by atoms with van der Waals surface area (Å²) < 4.78 is 17.6. The lowest BCUT2D eigenvalue weighted by molar-refractivity contribution is -0.305. The predicted molar refractivity (Wildman–Crippen MR) is 329 cm³/mol. The van der Waals surface area contributed by atoms with Crippen LogP contribution in [0.1, 0.15) is 284 Å². The fourth-order valence-corrected chi connectivity index (χ4v) is 10.1. The minimum atomic E-state index is -1.63. The molecule has 0 aromatic heterocycles. The highest BCUT2D eigenvalue weighted by molar-refractivity contribution is 5.80. The van der Waals surface area contributed by atoms with Gasteiger partial charge >= 0.3 is 5.97 Å². The summed E-state index contributed by atoms with van der Waals surface area (Å²) >= 11 is 0. The summed E-state index contributed by atoms with van der Waals surface area (Å²) in [6.45, 7) is 5.63. The second-order valence-corrected chi connectivity index (χ2v) is 22.6. The molecule has 1 fully saturated rings. The molecule has 0 radical (unpaired) electrons. The van der Waals surface area contributed by atoms with Gasteiger partial charge < -0.3 is 45.1 Å². The van der Waals surface area contributed by atoms with Crippen LogP contribution in [0.15, 0.2) is 72.9 Å². The van der Waals surface area contributed by atoms with Gasteiger partial charge in [0.25, 0.3) is 0 Å². The summed E-state index contributed by atoms with van der Waals surface area (Å²) in [6.07, 6.45) is 61.0. The number of aliphatic hydroxyl groups excluding tert-OH is 5. The molecule has 1 amide bonds. The Morgan fingerprint density at radius 2 is 0.911 bits per heavy atom. The average molecular weight is 1110 g/mol. The van der Waals surface area contributed by atoms with E-state index in [1.54, 1.807) is 6.08 Å². The van der Waals surface area contributed by atoms with Crippen LogP contribution in [-0.2, 0) is 23.8 Å². The van der Waals surface area contributed by atoms with E-state index in [9.17, 15) is 35.1 Å². The molecule has 8 atom stereocenters. The van der Waals surface area contributed by atoms with Gasteiger partial charge in [-0.3, -0.25) is 9.59 Å². The van der Waals surface area contributed by atoms with E-state index in [1.807, 2.05) is 54.7 Å². The summed E-state index contributed by atoms with van der Waals surface area (Å²) in [4.78, 5) is 26.5. The van der Waals surface area contributed by atoms with Gasteiger partial charge in [-0.25, -0.2) is 0 Å². The van der Waals surface area contributed by atoms with Crippen molar-refractivity contribution in [3.05, 3.63) is 72.9 Å². The first-order chi connectivity index (χ1) is 38.7. The van der Waals surface area contributed by atoms with E-state index in [2.05, 4.69) is 38.2 Å². The number of aliphatic hydroxyl groups is 5. The number of ether oxygens (including phenoxy) is 3. The molecule has 0 aromatic rings. The smallest absolute Gasteiger partial charge is 0.306 e. The third-order valence-electron chi connectivity index (χ3n) is 15.3. The molecule has 11 heteroatoms. The highest BCUT2D eigenvalue weighted by Crippen LogP contribution is 2.26. The lowest BCUT2D eigenvalue weighted by atomic mass is 9.99. The first kappa shape index (κ1) is 74.1. The van der Waals surface area contributed by atoms with E-state index >= 15 is 0 Å². The Labute approximate surface area is 483 Å². The Kier molecular flexibility index (Phi) is 52.2. The standard InChI is InChI=1S/C68H121NO10/c1-4-7-10-13-16-19-22-24-26-27-28-29-30-31-32-33-34-36-37-40-43-46-49-52-55-61(72)67(76)69-59(60(71)54-51-48-45-42-39-21-18-15-12-9-6-3)58-77-68-66(65(75)64(74)62(57-70)78-68)79-63(73)56-53-50-47-44-41-38-35-25-23-20-17-14-11-8-5-2/h8,11,14,17,20,23,25,35,38,41,51,54,59-62,64-66,68,70-72,74-75H,4-7,9-10,12-13,15-16,18-19,21-22,24,26-34,36-37,39-40,42-50,52-53,55-58H2,1-3H3,(H,69,76)/b11-8+,17-14+,23-20-,35-25-,41-38+,54-51+. The maximum atomic E-state index is 13.4. The van der Waals surface area contributed by atoms with Crippen molar-refractivity contribution in [2.24, 2.45) is 0 Å². The topological polar surface area (TPSA) is 175 Å². The molecule has 79 heavy (non-hydrogen) atoms. The molecule has 1 aliphatic heterocycles. The summed E-state index contributed by atoms with van der Waals surface area (Å²) in [7, 11) is 0. The molecule has 458 valence electrons. The van der Waals surface area contributed by atoms with E-state index in [-0.39, 0.29) is 19.4 Å². The molecule has 1 aliphatic rings. The quantitative estimate of drug-likeness (QED) is 0.0149. The Bertz CT molecular complexity index is 1560. The number of unbranched alkanes of at least 4 members (excludes halogenated alkanes) is 35. The zero-order valence-electron chi connectivity index (χ0n) is 50.7. The normalized spacial score (nSPS) is 19.3. The van der Waals surface area contributed by atoms with Crippen LogP contribution in [0, 0.1) is 0 Å². The third-order valence-corrected chi connectivity index (χ3v) is 15.3. The molecule has 1 rings (SSSR count). The van der Waals surface area contributed by atoms with Gasteiger partial charge in [-0.05, 0) is 44.9 Å². The van der Waals surface area contributed by atoms with Crippen molar-refractivity contribution < 1.29 is 49.3 Å². The molecule has 1 heterocycles. The number of carbonyl (C=O) groups excluding carboxylic acids is 2. The molecule has 0 aromatic carbocycles. The number of hydrogen-bond donors (Lipinski definition) is 6. The zero-order valence-corrected chi connectivity index (χ0v) is 50.7. The van der Waals surface area contributed by atoms with Gasteiger partial charge in [-0.15, -0.1) is 0 Å². The van der Waals surface area contributed by atoms with Gasteiger partial charge in [0, 0.05) is 6.42 Å². The van der Waals surface area contributed by atoms with Crippen LogP contribution in [-0.4, -0.2) is 99.6 Å². The van der Waals surface area contributed by atoms with Gasteiger partial charge in [-0.1, -0.05) is 306 Å². The molecular formula is C68H121NO10. The third kappa shape index (κ3) is 43.5. The summed E-state index contributed by atoms with van der Waals surface area (Å²) in [5.41, 5.74) is 0. The van der Waals surface area contributed by atoms with Crippen molar-refractivity contribution in [2.75, 3.05) is 13.2 Å². The summed E-state index contributed by atoms with van der Waals surface area (Å²) in [6, 6.07) is -1.03.